The summed E-state index contributed by atoms with van der Waals surface area (Å²) in [6.45, 7) is 4.62. The Kier molecular flexibility index (Phi) is 4.42. The normalized spacial score (nSPS) is 23.8. The molecule has 1 aromatic heterocycles. The van der Waals surface area contributed by atoms with Crippen LogP contribution in [0.25, 0.3) is 0 Å². The number of amides is 1. The molecule has 0 spiro atoms. The van der Waals surface area contributed by atoms with Crippen molar-refractivity contribution in [1.29, 1.82) is 0 Å². The molecule has 100 valence electrons. The summed E-state index contributed by atoms with van der Waals surface area (Å²) < 4.78 is 0. The van der Waals surface area contributed by atoms with E-state index in [1.54, 1.807) is 0 Å². The van der Waals surface area contributed by atoms with Gasteiger partial charge in [0.05, 0.1) is 5.41 Å². The number of aromatic amines is 1. The Balaban J connectivity index is 1.95. The van der Waals surface area contributed by atoms with Crippen LogP contribution in [0.1, 0.15) is 38.2 Å². The van der Waals surface area contributed by atoms with Crippen molar-refractivity contribution in [2.75, 3.05) is 13.1 Å². The summed E-state index contributed by atoms with van der Waals surface area (Å²) in [6, 6.07) is 1.99. The van der Waals surface area contributed by atoms with Crippen molar-refractivity contribution in [2.45, 2.75) is 39.2 Å². The van der Waals surface area contributed by atoms with Gasteiger partial charge in [-0.25, -0.2) is 0 Å². The van der Waals surface area contributed by atoms with E-state index in [2.05, 4.69) is 22.5 Å². The van der Waals surface area contributed by atoms with Gasteiger partial charge >= 0.3 is 0 Å². The molecule has 0 saturated carbocycles. The van der Waals surface area contributed by atoms with Crippen molar-refractivity contribution in [3.63, 3.8) is 0 Å². The second-order valence-electron chi connectivity index (χ2n) is 5.21. The largest absolute Gasteiger partial charge is 0.367 e. The van der Waals surface area contributed by atoms with Crippen LogP contribution in [0.15, 0.2) is 18.5 Å². The molecule has 18 heavy (non-hydrogen) atoms. The molecule has 3 N–H and O–H groups in total. The van der Waals surface area contributed by atoms with Gasteiger partial charge in [-0.1, -0.05) is 13.3 Å². The summed E-state index contributed by atoms with van der Waals surface area (Å²) in [5, 5.41) is 6.45. The second-order valence-corrected chi connectivity index (χ2v) is 5.21. The van der Waals surface area contributed by atoms with Gasteiger partial charge in [-0.2, -0.15) is 0 Å². The predicted octanol–water partition coefficient (Wildman–Crippen LogP) is 1.80. The highest BCUT2D eigenvalue weighted by Gasteiger charge is 2.38. The lowest BCUT2D eigenvalue weighted by molar-refractivity contribution is -0.132. The maximum atomic E-state index is 12.4. The first-order valence-electron chi connectivity index (χ1n) is 6.87. The first kappa shape index (κ1) is 13.1. The van der Waals surface area contributed by atoms with Crippen molar-refractivity contribution in [3.05, 3.63) is 24.0 Å². The number of hydrogen-bond donors (Lipinski definition) is 3. The first-order valence-corrected chi connectivity index (χ1v) is 6.87. The average Bonchev–Trinajstić information content (AvgIpc) is 2.90. The lowest BCUT2D eigenvalue weighted by Crippen LogP contribution is -2.50. The van der Waals surface area contributed by atoms with Gasteiger partial charge in [-0.3, -0.25) is 4.79 Å². The molecule has 1 unspecified atom stereocenters. The van der Waals surface area contributed by atoms with E-state index in [9.17, 15) is 4.79 Å². The van der Waals surface area contributed by atoms with E-state index in [4.69, 9.17) is 0 Å². The van der Waals surface area contributed by atoms with Gasteiger partial charge in [0.15, 0.2) is 0 Å². The van der Waals surface area contributed by atoms with Crippen LogP contribution < -0.4 is 10.6 Å². The summed E-state index contributed by atoms with van der Waals surface area (Å²) in [5.41, 5.74) is 0.933. The Hall–Kier alpha value is -1.29. The van der Waals surface area contributed by atoms with Gasteiger partial charge in [-0.05, 0) is 37.4 Å². The molecular weight excluding hydrogens is 226 g/mol. The fraction of sp³-hybridized carbons (Fsp3) is 0.643. The highest BCUT2D eigenvalue weighted by atomic mass is 16.2. The van der Waals surface area contributed by atoms with Crippen molar-refractivity contribution >= 4 is 5.91 Å². The van der Waals surface area contributed by atoms with Crippen LogP contribution in [0.5, 0.6) is 0 Å². The highest BCUT2D eigenvalue weighted by Crippen LogP contribution is 2.31. The highest BCUT2D eigenvalue weighted by molar-refractivity contribution is 5.83. The smallest absolute Gasteiger partial charge is 0.227 e. The number of rotatable bonds is 5. The fourth-order valence-electron chi connectivity index (χ4n) is 2.81. The molecule has 1 amide bonds. The monoisotopic (exact) mass is 249 g/mol. The Morgan fingerprint density at radius 1 is 1.56 bits per heavy atom. The number of carbonyl (C=O) groups is 1. The molecule has 1 aromatic rings. The third-order valence-corrected chi connectivity index (χ3v) is 3.80. The van der Waals surface area contributed by atoms with E-state index >= 15 is 0 Å². The zero-order valence-corrected chi connectivity index (χ0v) is 11.1. The molecule has 0 aromatic carbocycles. The lowest BCUT2D eigenvalue weighted by Gasteiger charge is -2.36. The quantitative estimate of drug-likeness (QED) is 0.745. The first-order chi connectivity index (χ1) is 8.77. The maximum Gasteiger partial charge on any atom is 0.227 e. The molecule has 4 heteroatoms. The van der Waals surface area contributed by atoms with Crippen LogP contribution in [0, 0.1) is 5.41 Å². The molecule has 1 aliphatic heterocycles. The Bertz CT molecular complexity index is 361. The van der Waals surface area contributed by atoms with Gasteiger partial charge in [-0.15, -0.1) is 0 Å². The van der Waals surface area contributed by atoms with Gasteiger partial charge in [0.1, 0.15) is 0 Å². The van der Waals surface area contributed by atoms with E-state index in [0.29, 0.717) is 6.54 Å². The standard InChI is InChI=1S/C14H23N3O/c1-2-5-14(6-3-7-16-11-14)13(18)17-10-12-4-8-15-9-12/h4,8-9,15-16H,2-3,5-7,10-11H2,1H3,(H,17,18). The van der Waals surface area contributed by atoms with Gasteiger partial charge in [0.25, 0.3) is 0 Å². The van der Waals surface area contributed by atoms with Crippen LogP contribution in [0.2, 0.25) is 0 Å². The summed E-state index contributed by atoms with van der Waals surface area (Å²) >= 11 is 0. The van der Waals surface area contributed by atoms with E-state index in [1.807, 2.05) is 18.5 Å². The van der Waals surface area contributed by atoms with E-state index in [1.165, 1.54) is 0 Å². The number of carbonyl (C=O) groups excluding carboxylic acids is 1. The summed E-state index contributed by atoms with van der Waals surface area (Å²) in [5.74, 6) is 0.206. The van der Waals surface area contributed by atoms with Crippen LogP contribution in [0.4, 0.5) is 0 Å². The van der Waals surface area contributed by atoms with E-state index in [0.717, 1.165) is 44.3 Å². The molecule has 0 radical (unpaired) electrons. The summed E-state index contributed by atoms with van der Waals surface area (Å²) in [6.07, 6.45) is 7.93. The van der Waals surface area contributed by atoms with E-state index < -0.39 is 0 Å². The van der Waals surface area contributed by atoms with Crippen LogP contribution in [-0.2, 0) is 11.3 Å². The van der Waals surface area contributed by atoms with Gasteiger partial charge in [0, 0.05) is 25.5 Å². The molecular formula is C14H23N3O. The number of H-pyrrole nitrogens is 1. The Labute approximate surface area is 109 Å². The zero-order chi connectivity index (χ0) is 12.8. The second kappa shape index (κ2) is 6.05. The molecule has 0 bridgehead atoms. The van der Waals surface area contributed by atoms with Crippen LogP contribution >= 0.6 is 0 Å². The van der Waals surface area contributed by atoms with E-state index in [-0.39, 0.29) is 11.3 Å². The van der Waals surface area contributed by atoms with Crippen molar-refractivity contribution in [3.8, 4) is 0 Å². The lowest BCUT2D eigenvalue weighted by atomic mass is 9.76. The minimum Gasteiger partial charge on any atom is -0.367 e. The summed E-state index contributed by atoms with van der Waals surface area (Å²) in [4.78, 5) is 15.4. The molecule has 4 nitrogen and oxygen atoms in total. The molecule has 2 rings (SSSR count). The third kappa shape index (κ3) is 2.93. The molecule has 1 fully saturated rings. The van der Waals surface area contributed by atoms with Gasteiger partial charge in [0.2, 0.25) is 5.91 Å². The fourth-order valence-corrected chi connectivity index (χ4v) is 2.81. The average molecular weight is 249 g/mol. The predicted molar refractivity (Wildman–Crippen MR) is 72.1 cm³/mol. The summed E-state index contributed by atoms with van der Waals surface area (Å²) in [7, 11) is 0. The molecule has 1 atom stereocenters. The number of hydrogen-bond acceptors (Lipinski definition) is 2. The number of piperidine rings is 1. The maximum absolute atomic E-state index is 12.4. The molecule has 1 saturated heterocycles. The number of aromatic nitrogens is 1. The minimum atomic E-state index is -0.191. The molecule has 0 aliphatic carbocycles. The molecule has 1 aliphatic rings. The van der Waals surface area contributed by atoms with Crippen LogP contribution in [-0.4, -0.2) is 24.0 Å². The zero-order valence-electron chi connectivity index (χ0n) is 11.1. The Morgan fingerprint density at radius 3 is 3.06 bits per heavy atom. The van der Waals surface area contributed by atoms with Gasteiger partial charge < -0.3 is 15.6 Å². The third-order valence-electron chi connectivity index (χ3n) is 3.80. The van der Waals surface area contributed by atoms with Crippen molar-refractivity contribution < 1.29 is 4.79 Å². The Morgan fingerprint density at radius 2 is 2.44 bits per heavy atom. The minimum absolute atomic E-state index is 0.191. The molecule has 2 heterocycles. The number of nitrogens with one attached hydrogen (secondary N) is 3. The SMILES string of the molecule is CCCC1(C(=O)NCc2cc[nH]c2)CCCNC1. The van der Waals surface area contributed by atoms with Crippen molar-refractivity contribution in [2.24, 2.45) is 5.41 Å². The van der Waals surface area contributed by atoms with Crippen LogP contribution in [0.3, 0.4) is 0 Å². The van der Waals surface area contributed by atoms with Crippen molar-refractivity contribution in [1.82, 2.24) is 15.6 Å². The topological polar surface area (TPSA) is 56.9 Å².